The molecule has 3 aromatic carbocycles. The first-order valence-electron chi connectivity index (χ1n) is 12.6. The summed E-state index contributed by atoms with van der Waals surface area (Å²) in [5, 5.41) is 6.86. The zero-order chi connectivity index (χ0) is 28.6. The van der Waals surface area contributed by atoms with Crippen molar-refractivity contribution in [1.29, 1.82) is 0 Å². The van der Waals surface area contributed by atoms with Crippen LogP contribution in [0.15, 0.2) is 65.4 Å². The maximum atomic E-state index is 14.0. The molecule has 4 aromatic rings. The fourth-order valence-corrected chi connectivity index (χ4v) is 5.44. The summed E-state index contributed by atoms with van der Waals surface area (Å²) >= 11 is 1.41. The Balaban J connectivity index is 1.59. The Morgan fingerprint density at radius 2 is 1.82 bits per heavy atom. The maximum absolute atomic E-state index is 14.0. The second-order valence-electron chi connectivity index (χ2n) is 10.1. The lowest BCUT2D eigenvalue weighted by Gasteiger charge is -2.39. The third-order valence-electron chi connectivity index (χ3n) is 6.86. The van der Waals surface area contributed by atoms with Crippen molar-refractivity contribution in [3.05, 3.63) is 87.9 Å². The van der Waals surface area contributed by atoms with Crippen molar-refractivity contribution in [2.45, 2.75) is 32.9 Å². The fraction of sp³-hybridized carbons (Fsp3) is 0.226. The number of nitrogens with zero attached hydrogens (tertiary/aromatic N) is 1. The Hall–Kier alpha value is -4.37. The second kappa shape index (κ2) is 10.7. The van der Waals surface area contributed by atoms with E-state index in [4.69, 9.17) is 14.2 Å². The molecule has 1 N–H and O–H groups in total. The number of rotatable bonds is 7. The van der Waals surface area contributed by atoms with E-state index in [9.17, 15) is 14.0 Å². The van der Waals surface area contributed by atoms with Crippen LogP contribution >= 0.6 is 11.3 Å². The summed E-state index contributed by atoms with van der Waals surface area (Å²) in [7, 11) is 3.27. The van der Waals surface area contributed by atoms with E-state index in [1.807, 2.05) is 38.3 Å². The lowest BCUT2D eigenvalue weighted by molar-refractivity contribution is -0.121. The highest BCUT2D eigenvalue weighted by molar-refractivity contribution is 7.08. The van der Waals surface area contributed by atoms with Crippen LogP contribution in [0.2, 0.25) is 0 Å². The molecule has 0 fully saturated rings. The SMILES string of the molecule is COc1cc(OC(=O)c2ccsc2)ccc1-c1ccc2c(c1COc1cc(F)ccc1C)N(C)C(=O)C(C)(C)N2. The molecule has 7 nitrogen and oxygen atoms in total. The van der Waals surface area contributed by atoms with Gasteiger partial charge in [-0.3, -0.25) is 4.79 Å². The van der Waals surface area contributed by atoms with Crippen LogP contribution in [0.3, 0.4) is 0 Å². The minimum Gasteiger partial charge on any atom is -0.496 e. The molecule has 0 unspecified atom stereocenters. The minimum absolute atomic E-state index is 0.0561. The van der Waals surface area contributed by atoms with Crippen LogP contribution in [0.4, 0.5) is 15.8 Å². The van der Waals surface area contributed by atoms with Crippen molar-refractivity contribution in [3.63, 3.8) is 0 Å². The number of methoxy groups -OCH3 is 1. The highest BCUT2D eigenvalue weighted by Crippen LogP contribution is 2.45. The Morgan fingerprint density at radius 1 is 1.05 bits per heavy atom. The quantitative estimate of drug-likeness (QED) is 0.197. The highest BCUT2D eigenvalue weighted by Gasteiger charge is 2.38. The minimum atomic E-state index is -0.799. The Kier molecular flexibility index (Phi) is 7.25. The number of amides is 1. The van der Waals surface area contributed by atoms with E-state index < -0.39 is 17.3 Å². The van der Waals surface area contributed by atoms with Gasteiger partial charge in [0.05, 0.1) is 24.0 Å². The highest BCUT2D eigenvalue weighted by atomic mass is 32.1. The molecule has 0 saturated carbocycles. The zero-order valence-electron chi connectivity index (χ0n) is 22.8. The fourth-order valence-electron chi connectivity index (χ4n) is 4.81. The number of aryl methyl sites for hydroxylation is 1. The van der Waals surface area contributed by atoms with Crippen LogP contribution < -0.4 is 24.4 Å². The van der Waals surface area contributed by atoms with Crippen LogP contribution in [0.25, 0.3) is 11.1 Å². The first-order chi connectivity index (χ1) is 19.1. The molecule has 0 saturated heterocycles. The smallest absolute Gasteiger partial charge is 0.344 e. The lowest BCUT2D eigenvalue weighted by atomic mass is 9.91. The van der Waals surface area contributed by atoms with Gasteiger partial charge in [0, 0.05) is 35.7 Å². The van der Waals surface area contributed by atoms with Gasteiger partial charge < -0.3 is 24.4 Å². The summed E-state index contributed by atoms with van der Waals surface area (Å²) in [6.07, 6.45) is 0. The van der Waals surface area contributed by atoms with Crippen molar-refractivity contribution in [2.24, 2.45) is 0 Å². The third kappa shape index (κ3) is 5.12. The first kappa shape index (κ1) is 27.2. The molecule has 1 aliphatic rings. The molecular weight excluding hydrogens is 531 g/mol. The number of ether oxygens (including phenoxy) is 3. The summed E-state index contributed by atoms with van der Waals surface area (Å²) in [5.41, 5.74) is 4.05. The summed E-state index contributed by atoms with van der Waals surface area (Å²) in [4.78, 5) is 27.4. The predicted molar refractivity (Wildman–Crippen MR) is 154 cm³/mol. The summed E-state index contributed by atoms with van der Waals surface area (Å²) in [6, 6.07) is 15.1. The topological polar surface area (TPSA) is 77.1 Å². The summed E-state index contributed by atoms with van der Waals surface area (Å²) in [5.74, 6) is 0.238. The Bertz CT molecular complexity index is 1600. The Labute approximate surface area is 236 Å². The van der Waals surface area contributed by atoms with Gasteiger partial charge in [0.2, 0.25) is 0 Å². The van der Waals surface area contributed by atoms with E-state index in [1.54, 1.807) is 47.7 Å². The number of halogens is 1. The van der Waals surface area contributed by atoms with Gasteiger partial charge in [0.1, 0.15) is 35.2 Å². The second-order valence-corrected chi connectivity index (χ2v) is 10.8. The number of hydrogen-bond acceptors (Lipinski definition) is 7. The molecule has 40 heavy (non-hydrogen) atoms. The molecule has 1 amide bonds. The van der Waals surface area contributed by atoms with E-state index in [2.05, 4.69) is 5.32 Å². The third-order valence-corrected chi connectivity index (χ3v) is 7.54. The lowest BCUT2D eigenvalue weighted by Crippen LogP contribution is -2.52. The molecule has 206 valence electrons. The standard InChI is InChI=1S/C31H29FN2O5S/c1-18-6-7-20(32)14-26(18)38-16-24-22(10-11-25-28(24)34(4)30(36)31(2,3)33-25)23-9-8-21(15-27(23)37-5)39-29(35)19-12-13-40-17-19/h6-15,17,33H,16H2,1-5H3. The van der Waals surface area contributed by atoms with Gasteiger partial charge in [0.15, 0.2) is 0 Å². The van der Waals surface area contributed by atoms with Crippen molar-refractivity contribution in [1.82, 2.24) is 0 Å². The molecule has 5 rings (SSSR count). The molecule has 0 atom stereocenters. The number of nitrogens with one attached hydrogen (secondary N) is 1. The van der Waals surface area contributed by atoms with E-state index >= 15 is 0 Å². The van der Waals surface area contributed by atoms with Gasteiger partial charge in [0.25, 0.3) is 5.91 Å². The Morgan fingerprint density at radius 3 is 2.55 bits per heavy atom. The van der Waals surface area contributed by atoms with E-state index in [0.717, 1.165) is 16.8 Å². The molecular formula is C31H29FN2O5S. The van der Waals surface area contributed by atoms with Crippen LogP contribution in [-0.2, 0) is 11.4 Å². The number of thiophene rings is 1. The molecule has 0 spiro atoms. The van der Waals surface area contributed by atoms with Crippen LogP contribution in [0.1, 0.15) is 35.3 Å². The van der Waals surface area contributed by atoms with Crippen molar-refractivity contribution in [2.75, 3.05) is 24.4 Å². The molecule has 0 aliphatic carbocycles. The number of hydrogen-bond donors (Lipinski definition) is 1. The normalized spacial score (nSPS) is 13.8. The van der Waals surface area contributed by atoms with Crippen molar-refractivity contribution < 1.29 is 28.2 Å². The van der Waals surface area contributed by atoms with Crippen LogP contribution in [-0.4, -0.2) is 31.6 Å². The number of esters is 1. The number of likely N-dealkylation sites (N-methyl/N-ethyl adjacent to an activating group) is 1. The van der Waals surface area contributed by atoms with Gasteiger partial charge in [-0.2, -0.15) is 11.3 Å². The van der Waals surface area contributed by atoms with Gasteiger partial charge in [-0.1, -0.05) is 12.1 Å². The molecule has 0 radical (unpaired) electrons. The van der Waals surface area contributed by atoms with Gasteiger partial charge >= 0.3 is 5.97 Å². The molecule has 0 bridgehead atoms. The van der Waals surface area contributed by atoms with Gasteiger partial charge in [-0.15, -0.1) is 0 Å². The van der Waals surface area contributed by atoms with E-state index in [0.29, 0.717) is 39.6 Å². The summed E-state index contributed by atoms with van der Waals surface area (Å²) in [6.45, 7) is 5.55. The number of carbonyl (C=O) groups excluding carboxylic acids is 2. The predicted octanol–water partition coefficient (Wildman–Crippen LogP) is 6.84. The maximum Gasteiger partial charge on any atom is 0.344 e. The monoisotopic (exact) mass is 560 g/mol. The first-order valence-corrected chi connectivity index (χ1v) is 13.6. The van der Waals surface area contributed by atoms with Crippen LogP contribution in [0.5, 0.6) is 17.2 Å². The molecule has 1 aliphatic heterocycles. The average Bonchev–Trinajstić information content (AvgIpc) is 3.47. The van der Waals surface area contributed by atoms with E-state index in [-0.39, 0.29) is 12.5 Å². The number of anilines is 2. The van der Waals surface area contributed by atoms with E-state index in [1.165, 1.54) is 30.6 Å². The average molecular weight is 561 g/mol. The van der Waals surface area contributed by atoms with Gasteiger partial charge in [-0.05, 0) is 67.6 Å². The number of carbonyl (C=O) groups is 2. The van der Waals surface area contributed by atoms with Crippen molar-refractivity contribution in [3.8, 4) is 28.4 Å². The molecule has 9 heteroatoms. The van der Waals surface area contributed by atoms with Crippen molar-refractivity contribution >= 4 is 34.6 Å². The largest absolute Gasteiger partial charge is 0.496 e. The number of benzene rings is 3. The zero-order valence-corrected chi connectivity index (χ0v) is 23.6. The molecule has 2 heterocycles. The number of fused-ring (bicyclic) bond motifs is 1. The van der Waals surface area contributed by atoms with Crippen LogP contribution in [0, 0.1) is 12.7 Å². The molecule has 1 aromatic heterocycles. The summed E-state index contributed by atoms with van der Waals surface area (Å²) < 4.78 is 31.4. The van der Waals surface area contributed by atoms with Gasteiger partial charge in [-0.25, -0.2) is 9.18 Å².